The molecule has 0 bridgehead atoms. The first-order valence-corrected chi connectivity index (χ1v) is 11.1. The van der Waals surface area contributed by atoms with Crippen LogP contribution in [0, 0.1) is 5.82 Å². The van der Waals surface area contributed by atoms with E-state index in [9.17, 15) is 23.6 Å². The van der Waals surface area contributed by atoms with Gasteiger partial charge < -0.3 is 4.74 Å². The van der Waals surface area contributed by atoms with Crippen molar-refractivity contribution in [3.63, 3.8) is 0 Å². The number of amides is 2. The highest BCUT2D eigenvalue weighted by atomic mass is 32.2. The third-order valence-corrected chi connectivity index (χ3v) is 6.15. The van der Waals surface area contributed by atoms with Crippen LogP contribution in [0.15, 0.2) is 78.9 Å². The lowest BCUT2D eigenvalue weighted by Crippen LogP contribution is -2.31. The molecule has 3 aromatic carbocycles. The summed E-state index contributed by atoms with van der Waals surface area (Å²) < 4.78 is 18.3. The Morgan fingerprint density at radius 3 is 2.15 bits per heavy atom. The number of imide groups is 1. The molecule has 6 nitrogen and oxygen atoms in total. The predicted octanol–water partition coefficient (Wildman–Crippen LogP) is 4.03. The number of benzene rings is 3. The number of para-hydroxylation sites is 1. The van der Waals surface area contributed by atoms with E-state index in [4.69, 9.17) is 4.74 Å². The Morgan fingerprint density at radius 2 is 1.52 bits per heavy atom. The van der Waals surface area contributed by atoms with Crippen molar-refractivity contribution in [2.75, 3.05) is 10.7 Å². The van der Waals surface area contributed by atoms with Gasteiger partial charge in [0.05, 0.1) is 16.7 Å². The average molecular weight is 463 g/mol. The number of carbonyl (C=O) groups excluding carboxylic acids is 4. The number of ether oxygens (including phenoxy) is 1. The summed E-state index contributed by atoms with van der Waals surface area (Å²) in [6.45, 7) is 0. The molecule has 0 spiro atoms. The molecule has 166 valence electrons. The van der Waals surface area contributed by atoms with Crippen molar-refractivity contribution in [2.24, 2.45) is 0 Å². The number of hydrogen-bond acceptors (Lipinski definition) is 6. The monoisotopic (exact) mass is 463 g/mol. The molecule has 0 N–H and O–H groups in total. The highest BCUT2D eigenvalue weighted by Crippen LogP contribution is 2.29. The summed E-state index contributed by atoms with van der Waals surface area (Å²) in [7, 11) is 0. The van der Waals surface area contributed by atoms with Crippen molar-refractivity contribution in [3.8, 4) is 5.75 Å². The molecule has 2 amide bonds. The van der Waals surface area contributed by atoms with Gasteiger partial charge in [-0.05, 0) is 60.7 Å². The molecule has 0 aliphatic carbocycles. The van der Waals surface area contributed by atoms with Gasteiger partial charge in [-0.3, -0.25) is 19.2 Å². The molecule has 3 aromatic rings. The minimum Gasteiger partial charge on any atom is -0.426 e. The lowest BCUT2D eigenvalue weighted by Gasteiger charge is -2.14. The molecule has 1 aliphatic heterocycles. The first-order valence-electron chi connectivity index (χ1n) is 10.1. The average Bonchev–Trinajstić information content (AvgIpc) is 3.11. The quantitative estimate of drug-likeness (QED) is 0.228. The highest BCUT2D eigenvalue weighted by molar-refractivity contribution is 8.01. The number of halogens is 1. The van der Waals surface area contributed by atoms with Crippen LogP contribution >= 0.6 is 11.8 Å². The normalized spacial score (nSPS) is 15.5. The maximum absolute atomic E-state index is 13.0. The Balaban J connectivity index is 1.31. The van der Waals surface area contributed by atoms with Gasteiger partial charge in [-0.2, -0.15) is 0 Å². The number of ketones is 1. The molecule has 8 heteroatoms. The van der Waals surface area contributed by atoms with Crippen LogP contribution in [0.25, 0.3) is 0 Å². The van der Waals surface area contributed by atoms with E-state index in [1.54, 1.807) is 30.3 Å². The summed E-state index contributed by atoms with van der Waals surface area (Å²) in [5.74, 6) is -1.81. The second-order valence-electron chi connectivity index (χ2n) is 7.24. The molecule has 1 unspecified atom stereocenters. The van der Waals surface area contributed by atoms with Gasteiger partial charge in [0.15, 0.2) is 5.78 Å². The zero-order valence-corrected chi connectivity index (χ0v) is 18.1. The second kappa shape index (κ2) is 9.79. The van der Waals surface area contributed by atoms with Crippen LogP contribution in [-0.4, -0.2) is 34.6 Å². The summed E-state index contributed by atoms with van der Waals surface area (Å²) in [4.78, 5) is 50.7. The fraction of sp³-hybridized carbons (Fsp3) is 0.120. The SMILES string of the molecule is O=C(CSC1CC(=O)N(c2ccccc2)C1=O)Oc1ccc(C(=O)c2ccc(F)cc2)cc1. The Bertz CT molecular complexity index is 1200. The number of anilines is 1. The van der Waals surface area contributed by atoms with E-state index in [1.165, 1.54) is 48.5 Å². The fourth-order valence-corrected chi connectivity index (χ4v) is 4.26. The molecule has 0 saturated carbocycles. The number of hydrogen-bond donors (Lipinski definition) is 0. The third-order valence-electron chi connectivity index (χ3n) is 4.98. The van der Waals surface area contributed by atoms with Gasteiger partial charge in [0, 0.05) is 17.5 Å². The Labute approximate surface area is 193 Å². The molecule has 1 atom stereocenters. The fourth-order valence-electron chi connectivity index (χ4n) is 3.35. The van der Waals surface area contributed by atoms with E-state index >= 15 is 0 Å². The van der Waals surface area contributed by atoms with Gasteiger partial charge in [-0.15, -0.1) is 11.8 Å². The maximum atomic E-state index is 13.0. The van der Waals surface area contributed by atoms with Crippen molar-refractivity contribution >= 4 is 41.0 Å². The standard InChI is InChI=1S/C25H18FNO5S/c26-18-10-6-16(7-11-18)24(30)17-8-12-20(13-9-17)32-23(29)15-33-21-14-22(28)27(25(21)31)19-4-2-1-3-5-19/h1-13,21H,14-15H2. The van der Waals surface area contributed by atoms with Crippen molar-refractivity contribution in [3.05, 3.63) is 95.8 Å². The third kappa shape index (κ3) is 5.18. The molecule has 1 heterocycles. The number of carbonyl (C=O) groups is 4. The molecule has 4 rings (SSSR count). The Morgan fingerprint density at radius 1 is 0.909 bits per heavy atom. The van der Waals surface area contributed by atoms with Crippen LogP contribution in [0.5, 0.6) is 5.75 Å². The largest absolute Gasteiger partial charge is 0.426 e. The van der Waals surface area contributed by atoms with Crippen molar-refractivity contribution in [1.29, 1.82) is 0 Å². The topological polar surface area (TPSA) is 80.8 Å². The van der Waals surface area contributed by atoms with E-state index < -0.39 is 17.0 Å². The lowest BCUT2D eigenvalue weighted by molar-refractivity contribution is -0.131. The summed E-state index contributed by atoms with van der Waals surface area (Å²) >= 11 is 1.06. The van der Waals surface area contributed by atoms with Gasteiger partial charge >= 0.3 is 5.97 Å². The zero-order chi connectivity index (χ0) is 23.4. The van der Waals surface area contributed by atoms with Gasteiger partial charge in [0.2, 0.25) is 11.8 Å². The molecular weight excluding hydrogens is 445 g/mol. The van der Waals surface area contributed by atoms with E-state index in [2.05, 4.69) is 0 Å². The predicted molar refractivity (Wildman–Crippen MR) is 122 cm³/mol. The van der Waals surface area contributed by atoms with Gasteiger partial charge in [0.1, 0.15) is 11.6 Å². The van der Waals surface area contributed by atoms with Crippen LogP contribution < -0.4 is 9.64 Å². The van der Waals surface area contributed by atoms with E-state index in [0.717, 1.165) is 16.7 Å². The smallest absolute Gasteiger partial charge is 0.321 e. The molecular formula is C25H18FNO5S. The van der Waals surface area contributed by atoms with Crippen LogP contribution in [0.4, 0.5) is 10.1 Å². The Hall–Kier alpha value is -3.78. The summed E-state index contributed by atoms with van der Waals surface area (Å²) in [6, 6.07) is 19.9. The first-order chi connectivity index (χ1) is 15.9. The van der Waals surface area contributed by atoms with Crippen molar-refractivity contribution in [1.82, 2.24) is 0 Å². The minimum atomic E-state index is -0.652. The molecule has 1 aliphatic rings. The van der Waals surface area contributed by atoms with E-state index in [-0.39, 0.29) is 35.5 Å². The minimum absolute atomic E-state index is 0.0197. The zero-order valence-electron chi connectivity index (χ0n) is 17.3. The number of thioether (sulfide) groups is 1. The van der Waals surface area contributed by atoms with Crippen LogP contribution in [0.1, 0.15) is 22.3 Å². The van der Waals surface area contributed by atoms with Crippen molar-refractivity contribution < 1.29 is 28.3 Å². The summed E-state index contributed by atoms with van der Waals surface area (Å²) in [5, 5.41) is -0.652. The molecule has 33 heavy (non-hydrogen) atoms. The number of nitrogens with zero attached hydrogens (tertiary/aromatic N) is 1. The molecule has 0 radical (unpaired) electrons. The molecule has 1 fully saturated rings. The lowest BCUT2D eigenvalue weighted by atomic mass is 10.0. The van der Waals surface area contributed by atoms with Gasteiger partial charge in [0.25, 0.3) is 0 Å². The van der Waals surface area contributed by atoms with Crippen LogP contribution in [0.2, 0.25) is 0 Å². The van der Waals surface area contributed by atoms with Gasteiger partial charge in [-0.25, -0.2) is 9.29 Å². The maximum Gasteiger partial charge on any atom is 0.321 e. The molecule has 1 saturated heterocycles. The van der Waals surface area contributed by atoms with E-state index in [0.29, 0.717) is 16.8 Å². The second-order valence-corrected chi connectivity index (χ2v) is 8.43. The summed E-state index contributed by atoms with van der Waals surface area (Å²) in [5.41, 5.74) is 1.22. The Kier molecular flexibility index (Phi) is 6.65. The number of esters is 1. The van der Waals surface area contributed by atoms with E-state index in [1.807, 2.05) is 0 Å². The molecule has 0 aromatic heterocycles. The van der Waals surface area contributed by atoms with Crippen LogP contribution in [-0.2, 0) is 14.4 Å². The van der Waals surface area contributed by atoms with Gasteiger partial charge in [-0.1, -0.05) is 18.2 Å². The van der Waals surface area contributed by atoms with Crippen molar-refractivity contribution in [2.45, 2.75) is 11.7 Å². The van der Waals surface area contributed by atoms with Crippen LogP contribution in [0.3, 0.4) is 0 Å². The number of rotatable bonds is 7. The summed E-state index contributed by atoms with van der Waals surface area (Å²) in [6.07, 6.45) is 0.0197. The highest BCUT2D eigenvalue weighted by Gasteiger charge is 2.40. The first kappa shape index (κ1) is 22.4.